The molecular formula is C22H17Cl2NO4. The van der Waals surface area contributed by atoms with Crippen molar-refractivity contribution in [2.45, 2.75) is 6.61 Å². The van der Waals surface area contributed by atoms with Gasteiger partial charge in [0.1, 0.15) is 12.4 Å². The van der Waals surface area contributed by atoms with Crippen LogP contribution >= 0.6 is 23.2 Å². The first-order valence-corrected chi connectivity index (χ1v) is 9.42. The van der Waals surface area contributed by atoms with E-state index in [1.54, 1.807) is 18.2 Å². The lowest BCUT2D eigenvalue weighted by Gasteiger charge is -2.10. The molecule has 1 N–H and O–H groups in total. The van der Waals surface area contributed by atoms with E-state index in [0.29, 0.717) is 15.8 Å². The standard InChI is InChI=1S/C22H17Cl2NO4/c23-20-5-2-6-21(24)19(20)13-28-18-9-7-16(8-10-18)17-4-1-3-15(11-17)12-25-29-14-22(26)27/h1-12H,13-14H2,(H,26,27). The van der Waals surface area contributed by atoms with E-state index >= 15 is 0 Å². The Morgan fingerprint density at radius 3 is 2.34 bits per heavy atom. The van der Waals surface area contributed by atoms with Crippen molar-refractivity contribution >= 4 is 35.4 Å². The number of ether oxygens (including phenoxy) is 1. The van der Waals surface area contributed by atoms with E-state index in [9.17, 15) is 4.79 Å². The Morgan fingerprint density at radius 1 is 0.966 bits per heavy atom. The van der Waals surface area contributed by atoms with Gasteiger partial charge in [-0.3, -0.25) is 0 Å². The van der Waals surface area contributed by atoms with Crippen LogP contribution in [0, 0.1) is 0 Å². The van der Waals surface area contributed by atoms with Crippen molar-refractivity contribution in [3.63, 3.8) is 0 Å². The molecule has 0 bridgehead atoms. The molecule has 3 aromatic carbocycles. The van der Waals surface area contributed by atoms with E-state index in [0.717, 1.165) is 22.3 Å². The average molecular weight is 430 g/mol. The van der Waals surface area contributed by atoms with Gasteiger partial charge in [-0.15, -0.1) is 0 Å². The van der Waals surface area contributed by atoms with E-state index in [4.69, 9.17) is 33.0 Å². The van der Waals surface area contributed by atoms with E-state index in [1.807, 2.05) is 48.5 Å². The molecule has 0 aliphatic rings. The zero-order chi connectivity index (χ0) is 20.6. The van der Waals surface area contributed by atoms with E-state index in [1.165, 1.54) is 6.21 Å². The van der Waals surface area contributed by atoms with Crippen molar-refractivity contribution in [2.24, 2.45) is 5.16 Å². The third kappa shape index (κ3) is 5.98. The maximum absolute atomic E-state index is 10.4. The predicted octanol–water partition coefficient (Wildman–Crippen LogP) is 5.67. The number of hydrogen-bond donors (Lipinski definition) is 1. The molecule has 3 aromatic rings. The molecule has 0 saturated carbocycles. The number of nitrogens with zero attached hydrogens (tertiary/aromatic N) is 1. The van der Waals surface area contributed by atoms with Gasteiger partial charge in [0, 0.05) is 15.6 Å². The summed E-state index contributed by atoms with van der Waals surface area (Å²) in [5.41, 5.74) is 3.52. The van der Waals surface area contributed by atoms with Gasteiger partial charge in [0.2, 0.25) is 6.61 Å². The highest BCUT2D eigenvalue weighted by Crippen LogP contribution is 2.27. The fourth-order valence-electron chi connectivity index (χ4n) is 2.56. The SMILES string of the molecule is O=C(O)CON=Cc1cccc(-c2ccc(OCc3c(Cl)cccc3Cl)cc2)c1. The highest BCUT2D eigenvalue weighted by molar-refractivity contribution is 6.35. The Labute approximate surface area is 178 Å². The monoisotopic (exact) mass is 429 g/mol. The lowest BCUT2D eigenvalue weighted by Crippen LogP contribution is -2.03. The number of carboxylic acid groups (broad SMARTS) is 1. The molecule has 0 radical (unpaired) electrons. The van der Waals surface area contributed by atoms with E-state index < -0.39 is 12.6 Å². The van der Waals surface area contributed by atoms with Gasteiger partial charge in [-0.25, -0.2) is 4.79 Å². The second-order valence-electron chi connectivity index (χ2n) is 6.04. The highest BCUT2D eigenvalue weighted by atomic mass is 35.5. The molecule has 29 heavy (non-hydrogen) atoms. The van der Waals surface area contributed by atoms with Crippen molar-refractivity contribution in [2.75, 3.05) is 6.61 Å². The molecule has 0 unspecified atom stereocenters. The summed E-state index contributed by atoms with van der Waals surface area (Å²) in [6, 6.07) is 20.6. The van der Waals surface area contributed by atoms with Crippen LogP contribution in [0.1, 0.15) is 11.1 Å². The first-order valence-electron chi connectivity index (χ1n) is 8.66. The molecule has 0 aliphatic carbocycles. The fourth-order valence-corrected chi connectivity index (χ4v) is 3.07. The number of oxime groups is 1. The van der Waals surface area contributed by atoms with Gasteiger partial charge in [-0.1, -0.05) is 64.8 Å². The van der Waals surface area contributed by atoms with Crippen molar-refractivity contribution in [1.29, 1.82) is 0 Å². The Bertz CT molecular complexity index is 999. The molecule has 0 amide bonds. The number of aliphatic carboxylic acids is 1. The summed E-state index contributed by atoms with van der Waals surface area (Å²) < 4.78 is 5.80. The fraction of sp³-hybridized carbons (Fsp3) is 0.0909. The summed E-state index contributed by atoms with van der Waals surface area (Å²) in [5, 5.41) is 13.3. The Morgan fingerprint density at radius 2 is 1.66 bits per heavy atom. The van der Waals surface area contributed by atoms with Crippen LogP contribution < -0.4 is 4.74 Å². The molecular weight excluding hydrogens is 413 g/mol. The summed E-state index contributed by atoms with van der Waals surface area (Å²) in [6.45, 7) is -0.197. The van der Waals surface area contributed by atoms with Crippen LogP contribution in [0.4, 0.5) is 0 Å². The molecule has 0 atom stereocenters. The van der Waals surface area contributed by atoms with Crippen LogP contribution in [0.2, 0.25) is 10.0 Å². The van der Waals surface area contributed by atoms with Gasteiger partial charge in [-0.05, 0) is 47.0 Å². The summed E-state index contributed by atoms with van der Waals surface area (Å²) in [4.78, 5) is 15.1. The summed E-state index contributed by atoms with van der Waals surface area (Å²) in [7, 11) is 0. The normalized spacial score (nSPS) is 10.8. The van der Waals surface area contributed by atoms with E-state index in [-0.39, 0.29) is 6.61 Å². The van der Waals surface area contributed by atoms with Gasteiger partial charge in [0.25, 0.3) is 0 Å². The highest BCUT2D eigenvalue weighted by Gasteiger charge is 2.07. The molecule has 0 saturated heterocycles. The second-order valence-corrected chi connectivity index (χ2v) is 6.85. The van der Waals surface area contributed by atoms with Gasteiger partial charge >= 0.3 is 5.97 Å². The molecule has 5 nitrogen and oxygen atoms in total. The van der Waals surface area contributed by atoms with Crippen molar-refractivity contribution in [3.05, 3.63) is 87.9 Å². The van der Waals surface area contributed by atoms with Crippen molar-refractivity contribution in [3.8, 4) is 16.9 Å². The maximum Gasteiger partial charge on any atom is 0.344 e. The molecule has 0 aromatic heterocycles. The third-order valence-electron chi connectivity index (χ3n) is 3.98. The van der Waals surface area contributed by atoms with Crippen molar-refractivity contribution in [1.82, 2.24) is 0 Å². The van der Waals surface area contributed by atoms with Crippen LogP contribution in [0.25, 0.3) is 11.1 Å². The Hall–Kier alpha value is -3.02. The molecule has 0 aliphatic heterocycles. The quantitative estimate of drug-likeness (QED) is 0.369. The van der Waals surface area contributed by atoms with E-state index in [2.05, 4.69) is 9.99 Å². The van der Waals surface area contributed by atoms with Crippen LogP contribution in [-0.2, 0) is 16.2 Å². The predicted molar refractivity (Wildman–Crippen MR) is 114 cm³/mol. The molecule has 0 fully saturated rings. The summed E-state index contributed by atoms with van der Waals surface area (Å²) in [6.07, 6.45) is 1.47. The largest absolute Gasteiger partial charge is 0.489 e. The second kappa shape index (κ2) is 9.96. The average Bonchev–Trinajstić information content (AvgIpc) is 2.71. The molecule has 0 spiro atoms. The number of halogens is 2. The van der Waals surface area contributed by atoms with Crippen molar-refractivity contribution < 1.29 is 19.5 Å². The van der Waals surface area contributed by atoms with Gasteiger partial charge in [-0.2, -0.15) is 0 Å². The smallest absolute Gasteiger partial charge is 0.344 e. The minimum Gasteiger partial charge on any atom is -0.489 e. The maximum atomic E-state index is 10.4. The van der Waals surface area contributed by atoms with Gasteiger partial charge in [0.05, 0.1) is 6.21 Å². The number of benzene rings is 3. The molecule has 3 rings (SSSR count). The number of hydrogen-bond acceptors (Lipinski definition) is 4. The number of carboxylic acids is 1. The number of rotatable bonds is 8. The van der Waals surface area contributed by atoms with Crippen LogP contribution in [0.5, 0.6) is 5.75 Å². The topological polar surface area (TPSA) is 68.1 Å². The zero-order valence-corrected chi connectivity index (χ0v) is 16.7. The molecule has 148 valence electrons. The van der Waals surface area contributed by atoms with Gasteiger partial charge in [0.15, 0.2) is 0 Å². The van der Waals surface area contributed by atoms with Crippen LogP contribution in [-0.4, -0.2) is 23.9 Å². The Kier molecular flexibility index (Phi) is 7.11. The van der Waals surface area contributed by atoms with Crippen LogP contribution in [0.3, 0.4) is 0 Å². The minimum atomic E-state index is -1.07. The summed E-state index contributed by atoms with van der Waals surface area (Å²) >= 11 is 12.3. The van der Waals surface area contributed by atoms with Gasteiger partial charge < -0.3 is 14.7 Å². The Balaban J connectivity index is 1.65. The third-order valence-corrected chi connectivity index (χ3v) is 4.69. The molecule has 7 heteroatoms. The molecule has 0 heterocycles. The number of carbonyl (C=O) groups is 1. The lowest BCUT2D eigenvalue weighted by molar-refractivity contribution is -0.142. The first-order chi connectivity index (χ1) is 14.0. The zero-order valence-electron chi connectivity index (χ0n) is 15.2. The first kappa shape index (κ1) is 20.7. The lowest BCUT2D eigenvalue weighted by atomic mass is 10.0. The summed E-state index contributed by atoms with van der Waals surface area (Å²) in [5.74, 6) is -0.375. The van der Waals surface area contributed by atoms with Crippen LogP contribution in [0.15, 0.2) is 71.9 Å². The minimum absolute atomic E-state index is 0.278.